The molecule has 1 saturated heterocycles. The van der Waals surface area contributed by atoms with E-state index in [9.17, 15) is 9.59 Å². The second-order valence-electron chi connectivity index (χ2n) is 6.31. The molecule has 1 aliphatic heterocycles. The van der Waals surface area contributed by atoms with Crippen molar-refractivity contribution in [1.29, 1.82) is 0 Å². The summed E-state index contributed by atoms with van der Waals surface area (Å²) in [5.74, 6) is 0.138. The number of nitrogens with zero attached hydrogens (tertiary/aromatic N) is 2. The van der Waals surface area contributed by atoms with E-state index in [1.165, 1.54) is 0 Å². The van der Waals surface area contributed by atoms with E-state index in [0.717, 1.165) is 44.7 Å². The van der Waals surface area contributed by atoms with E-state index in [2.05, 4.69) is 20.4 Å². The summed E-state index contributed by atoms with van der Waals surface area (Å²) in [6.07, 6.45) is 2.24. The van der Waals surface area contributed by atoms with Crippen LogP contribution in [0.1, 0.15) is 12.8 Å². The Balaban J connectivity index is 1.35. The molecule has 1 aromatic carbocycles. The predicted molar refractivity (Wildman–Crippen MR) is 89.1 cm³/mol. The highest BCUT2D eigenvalue weighted by Crippen LogP contribution is 2.18. The number of piperazine rings is 1. The zero-order valence-corrected chi connectivity index (χ0v) is 13.3. The molecule has 6 heteroatoms. The quantitative estimate of drug-likeness (QED) is 0.803. The Bertz CT molecular complexity index is 537. The molecule has 0 bridgehead atoms. The van der Waals surface area contributed by atoms with Gasteiger partial charge in [-0.05, 0) is 25.0 Å². The maximum absolute atomic E-state index is 12.0. The number of benzene rings is 1. The van der Waals surface area contributed by atoms with Crippen LogP contribution in [0.2, 0.25) is 0 Å². The minimum absolute atomic E-state index is 0.0103. The number of nitrogens with one attached hydrogen (secondary N) is 2. The van der Waals surface area contributed by atoms with Gasteiger partial charge in [0.25, 0.3) is 0 Å². The lowest BCUT2D eigenvalue weighted by Crippen LogP contribution is -2.51. The van der Waals surface area contributed by atoms with Crippen LogP contribution in [-0.2, 0) is 9.59 Å². The smallest absolute Gasteiger partial charge is 0.238 e. The summed E-state index contributed by atoms with van der Waals surface area (Å²) >= 11 is 0. The van der Waals surface area contributed by atoms with E-state index in [4.69, 9.17) is 0 Å². The summed E-state index contributed by atoms with van der Waals surface area (Å²) in [5, 5.41) is 5.92. The van der Waals surface area contributed by atoms with Crippen LogP contribution in [0.15, 0.2) is 30.3 Å². The lowest BCUT2D eigenvalue weighted by Gasteiger charge is -2.33. The van der Waals surface area contributed by atoms with Crippen LogP contribution in [0.3, 0.4) is 0 Å². The zero-order chi connectivity index (χ0) is 16.1. The number of amides is 2. The third kappa shape index (κ3) is 5.33. The van der Waals surface area contributed by atoms with Gasteiger partial charge in [-0.2, -0.15) is 0 Å². The van der Waals surface area contributed by atoms with Crippen LogP contribution < -0.4 is 10.6 Å². The Kier molecular flexibility index (Phi) is 5.25. The minimum Gasteiger partial charge on any atom is -0.352 e. The number of hydrogen-bond donors (Lipinski definition) is 2. The van der Waals surface area contributed by atoms with Crippen LogP contribution >= 0.6 is 0 Å². The number of rotatable bonds is 6. The van der Waals surface area contributed by atoms with Crippen LogP contribution in [0.25, 0.3) is 0 Å². The molecule has 1 heterocycles. The molecule has 6 nitrogen and oxygen atoms in total. The van der Waals surface area contributed by atoms with E-state index in [1.54, 1.807) is 0 Å². The lowest BCUT2D eigenvalue weighted by molar-refractivity contribution is -0.123. The van der Waals surface area contributed by atoms with E-state index in [1.807, 2.05) is 30.3 Å². The van der Waals surface area contributed by atoms with E-state index < -0.39 is 0 Å². The first-order valence-electron chi connectivity index (χ1n) is 8.28. The predicted octanol–water partition coefficient (Wildman–Crippen LogP) is 0.521. The third-order valence-electron chi connectivity index (χ3n) is 4.20. The Morgan fingerprint density at radius 3 is 2.04 bits per heavy atom. The molecule has 0 atom stereocenters. The molecule has 2 fully saturated rings. The Morgan fingerprint density at radius 2 is 1.48 bits per heavy atom. The van der Waals surface area contributed by atoms with Crippen molar-refractivity contribution < 1.29 is 9.59 Å². The molecule has 0 unspecified atom stereocenters. The maximum atomic E-state index is 12.0. The zero-order valence-electron chi connectivity index (χ0n) is 13.3. The average Bonchev–Trinajstić information content (AvgIpc) is 3.34. The van der Waals surface area contributed by atoms with E-state index in [0.29, 0.717) is 19.1 Å². The van der Waals surface area contributed by atoms with Crippen molar-refractivity contribution >= 4 is 17.5 Å². The largest absolute Gasteiger partial charge is 0.352 e. The van der Waals surface area contributed by atoms with Crippen molar-refractivity contribution in [1.82, 2.24) is 15.1 Å². The molecule has 0 spiro atoms. The standard InChI is InChI=1S/C17H24N4O2/c22-16(18-14-4-2-1-3-5-14)12-20-8-10-21(11-9-20)13-17(23)19-15-6-7-15/h1-5,15H,6-13H2,(H,18,22)(H,19,23). The number of carbonyl (C=O) groups is 2. The fourth-order valence-electron chi connectivity index (χ4n) is 2.73. The lowest BCUT2D eigenvalue weighted by atomic mass is 10.3. The number of carbonyl (C=O) groups excluding carboxylic acids is 2. The first kappa shape index (κ1) is 16.0. The normalized spacial score (nSPS) is 19.3. The number of hydrogen-bond acceptors (Lipinski definition) is 4. The number of anilines is 1. The summed E-state index contributed by atoms with van der Waals surface area (Å²) in [6, 6.07) is 9.92. The van der Waals surface area contributed by atoms with Crippen LogP contribution in [0.4, 0.5) is 5.69 Å². The molecular weight excluding hydrogens is 292 g/mol. The fraction of sp³-hybridized carbons (Fsp3) is 0.529. The molecule has 1 aromatic rings. The maximum Gasteiger partial charge on any atom is 0.238 e. The first-order chi connectivity index (χ1) is 11.2. The second kappa shape index (κ2) is 7.57. The van der Waals surface area contributed by atoms with Crippen molar-refractivity contribution in [3.63, 3.8) is 0 Å². The van der Waals surface area contributed by atoms with Gasteiger partial charge in [0.2, 0.25) is 11.8 Å². The molecule has 124 valence electrons. The third-order valence-corrected chi connectivity index (χ3v) is 4.20. The average molecular weight is 316 g/mol. The number of para-hydroxylation sites is 1. The molecule has 1 saturated carbocycles. The second-order valence-corrected chi connectivity index (χ2v) is 6.31. The van der Waals surface area contributed by atoms with Gasteiger partial charge in [0.15, 0.2) is 0 Å². The molecule has 1 aliphatic carbocycles. The molecule has 3 rings (SSSR count). The molecule has 2 aliphatic rings. The molecule has 2 N–H and O–H groups in total. The summed E-state index contributed by atoms with van der Waals surface area (Å²) in [7, 11) is 0. The first-order valence-corrected chi connectivity index (χ1v) is 8.28. The van der Waals surface area contributed by atoms with Gasteiger partial charge in [-0.25, -0.2) is 0 Å². The summed E-state index contributed by atoms with van der Waals surface area (Å²) in [6.45, 7) is 4.17. The van der Waals surface area contributed by atoms with Crippen LogP contribution in [0, 0.1) is 0 Å². The van der Waals surface area contributed by atoms with Gasteiger partial charge in [0, 0.05) is 37.9 Å². The van der Waals surface area contributed by atoms with Gasteiger partial charge >= 0.3 is 0 Å². The SMILES string of the molecule is O=C(CN1CCN(CC(=O)NC2CC2)CC1)Nc1ccccc1. The molecular formula is C17H24N4O2. The van der Waals surface area contributed by atoms with Gasteiger partial charge in [-0.3, -0.25) is 19.4 Å². The molecule has 2 amide bonds. The van der Waals surface area contributed by atoms with Gasteiger partial charge in [-0.15, -0.1) is 0 Å². The fourth-order valence-corrected chi connectivity index (χ4v) is 2.73. The van der Waals surface area contributed by atoms with Gasteiger partial charge in [-0.1, -0.05) is 18.2 Å². The van der Waals surface area contributed by atoms with Crippen molar-refractivity contribution in [2.45, 2.75) is 18.9 Å². The highest BCUT2D eigenvalue weighted by molar-refractivity contribution is 5.92. The molecule has 23 heavy (non-hydrogen) atoms. The van der Waals surface area contributed by atoms with Crippen LogP contribution in [-0.4, -0.2) is 66.9 Å². The van der Waals surface area contributed by atoms with Crippen molar-refractivity contribution in [3.05, 3.63) is 30.3 Å². The highest BCUT2D eigenvalue weighted by Gasteiger charge is 2.25. The van der Waals surface area contributed by atoms with Crippen molar-refractivity contribution in [3.8, 4) is 0 Å². The summed E-state index contributed by atoms with van der Waals surface area (Å²) in [5.41, 5.74) is 0.827. The van der Waals surface area contributed by atoms with Gasteiger partial charge < -0.3 is 10.6 Å². The van der Waals surface area contributed by atoms with E-state index >= 15 is 0 Å². The van der Waals surface area contributed by atoms with E-state index in [-0.39, 0.29) is 11.8 Å². The highest BCUT2D eigenvalue weighted by atomic mass is 16.2. The Labute approximate surface area is 136 Å². The summed E-state index contributed by atoms with van der Waals surface area (Å²) in [4.78, 5) is 28.1. The topological polar surface area (TPSA) is 64.7 Å². The monoisotopic (exact) mass is 316 g/mol. The molecule has 0 radical (unpaired) electrons. The molecule has 0 aromatic heterocycles. The van der Waals surface area contributed by atoms with Gasteiger partial charge in [0.1, 0.15) is 0 Å². The Hall–Kier alpha value is -1.92. The van der Waals surface area contributed by atoms with Crippen molar-refractivity contribution in [2.75, 3.05) is 44.6 Å². The van der Waals surface area contributed by atoms with Crippen molar-refractivity contribution in [2.24, 2.45) is 0 Å². The Morgan fingerprint density at radius 1 is 0.913 bits per heavy atom. The minimum atomic E-state index is 0.0103. The van der Waals surface area contributed by atoms with Gasteiger partial charge in [0.05, 0.1) is 13.1 Å². The van der Waals surface area contributed by atoms with Crippen LogP contribution in [0.5, 0.6) is 0 Å². The summed E-state index contributed by atoms with van der Waals surface area (Å²) < 4.78 is 0.